The van der Waals surface area contributed by atoms with E-state index in [1.807, 2.05) is 5.98 Å². The number of nitrogens with zero attached hydrogens (tertiary/aromatic N) is 1. The molecular formula is C20H18BFN2O2. The number of benzene rings is 1. The van der Waals surface area contributed by atoms with Gasteiger partial charge in [0.05, 0.1) is 11.9 Å². The van der Waals surface area contributed by atoms with Gasteiger partial charge >= 0.3 is 7.12 Å². The van der Waals surface area contributed by atoms with Gasteiger partial charge in [-0.05, 0) is 54.6 Å². The molecule has 4 nitrogen and oxygen atoms in total. The van der Waals surface area contributed by atoms with Gasteiger partial charge in [0, 0.05) is 29.3 Å². The molecule has 3 aliphatic rings. The Morgan fingerprint density at radius 1 is 1.23 bits per heavy atom. The third-order valence-corrected chi connectivity index (χ3v) is 5.41. The van der Waals surface area contributed by atoms with E-state index in [1.54, 1.807) is 18.3 Å². The lowest BCUT2D eigenvalue weighted by molar-refractivity contribution is 0.352. The van der Waals surface area contributed by atoms with Crippen molar-refractivity contribution >= 4 is 24.5 Å². The average molecular weight is 348 g/mol. The van der Waals surface area contributed by atoms with Crippen LogP contribution in [0.5, 0.6) is 5.75 Å². The van der Waals surface area contributed by atoms with Crippen molar-refractivity contribution in [2.75, 3.05) is 5.32 Å². The van der Waals surface area contributed by atoms with Gasteiger partial charge in [-0.2, -0.15) is 0 Å². The van der Waals surface area contributed by atoms with Crippen LogP contribution in [0.4, 0.5) is 10.1 Å². The molecule has 5 rings (SSSR count). The van der Waals surface area contributed by atoms with Gasteiger partial charge in [0.1, 0.15) is 11.6 Å². The lowest BCUT2D eigenvalue weighted by Crippen LogP contribution is -2.38. The molecule has 130 valence electrons. The molecule has 2 aromatic rings. The normalized spacial score (nSPS) is 22.8. The molecule has 0 unspecified atom stereocenters. The summed E-state index contributed by atoms with van der Waals surface area (Å²) in [6.07, 6.45) is 8.72. The van der Waals surface area contributed by atoms with Crippen LogP contribution in [0.25, 0.3) is 11.6 Å². The first-order chi connectivity index (χ1) is 12.7. The van der Waals surface area contributed by atoms with Crippen molar-refractivity contribution in [2.24, 2.45) is 5.92 Å². The number of rotatable bonds is 3. The molecule has 2 aliphatic carbocycles. The van der Waals surface area contributed by atoms with Crippen molar-refractivity contribution in [3.63, 3.8) is 0 Å². The third kappa shape index (κ3) is 2.61. The van der Waals surface area contributed by atoms with Crippen LogP contribution in [0.1, 0.15) is 29.7 Å². The Morgan fingerprint density at radius 2 is 2.04 bits per heavy atom. The molecule has 0 spiro atoms. The number of hydrogen-bond donors (Lipinski definition) is 2. The molecule has 1 aromatic carbocycles. The molecule has 0 radical (unpaired) electrons. The summed E-state index contributed by atoms with van der Waals surface area (Å²) in [5.74, 6) is 2.63. The topological polar surface area (TPSA) is 54.4 Å². The van der Waals surface area contributed by atoms with E-state index in [-0.39, 0.29) is 5.82 Å². The van der Waals surface area contributed by atoms with Gasteiger partial charge in [0.2, 0.25) is 0 Å². The second-order valence-electron chi connectivity index (χ2n) is 7.11. The van der Waals surface area contributed by atoms with Crippen LogP contribution in [0, 0.1) is 11.7 Å². The zero-order valence-electron chi connectivity index (χ0n) is 14.2. The first-order valence-corrected chi connectivity index (χ1v) is 8.95. The fraction of sp³-hybridized carbons (Fsp3) is 0.250. The lowest BCUT2D eigenvalue weighted by atomic mass is 9.68. The van der Waals surface area contributed by atoms with Crippen LogP contribution >= 0.6 is 0 Å². The molecule has 1 aliphatic heterocycles. The van der Waals surface area contributed by atoms with Crippen molar-refractivity contribution in [1.82, 2.24) is 4.98 Å². The Bertz CT molecular complexity index is 920. The maximum atomic E-state index is 13.0. The second kappa shape index (κ2) is 5.99. The minimum atomic E-state index is -0.924. The van der Waals surface area contributed by atoms with Gasteiger partial charge in [-0.25, -0.2) is 4.39 Å². The first-order valence-electron chi connectivity index (χ1n) is 8.95. The summed E-state index contributed by atoms with van der Waals surface area (Å²) < 4.78 is 18.6. The SMILES string of the molecule is OB1C=C(C2CC(Nc3ccc(F)cc3)C2)c2c(cnc3c2C=CC3)O1. The molecule has 6 heteroatoms. The second-order valence-corrected chi connectivity index (χ2v) is 7.11. The number of fused-ring (bicyclic) bond motifs is 3. The Morgan fingerprint density at radius 3 is 2.85 bits per heavy atom. The molecule has 0 bridgehead atoms. The highest BCUT2D eigenvalue weighted by atomic mass is 19.1. The van der Waals surface area contributed by atoms with Crippen LogP contribution in [-0.2, 0) is 6.42 Å². The molecule has 0 amide bonds. The van der Waals surface area contributed by atoms with E-state index < -0.39 is 7.12 Å². The molecule has 0 saturated heterocycles. The van der Waals surface area contributed by atoms with Gasteiger partial charge in [-0.3, -0.25) is 4.98 Å². The van der Waals surface area contributed by atoms with Crippen LogP contribution in [0.3, 0.4) is 0 Å². The number of aromatic nitrogens is 1. The first kappa shape index (κ1) is 15.6. The maximum absolute atomic E-state index is 13.0. The molecular weight excluding hydrogens is 330 g/mol. The van der Waals surface area contributed by atoms with Crippen LogP contribution in [0.2, 0.25) is 0 Å². The molecule has 1 fully saturated rings. The maximum Gasteiger partial charge on any atom is 0.552 e. The summed E-state index contributed by atoms with van der Waals surface area (Å²) in [6.45, 7) is 0. The fourth-order valence-corrected chi connectivity index (χ4v) is 4.08. The summed E-state index contributed by atoms with van der Waals surface area (Å²) >= 11 is 0. The summed E-state index contributed by atoms with van der Waals surface area (Å²) in [6, 6.07) is 6.81. The van der Waals surface area contributed by atoms with E-state index in [0.717, 1.165) is 47.3 Å². The number of anilines is 1. The Balaban J connectivity index is 1.36. The van der Waals surface area contributed by atoms with Gasteiger partial charge < -0.3 is 15.0 Å². The van der Waals surface area contributed by atoms with Crippen molar-refractivity contribution < 1.29 is 14.1 Å². The van der Waals surface area contributed by atoms with E-state index in [4.69, 9.17) is 4.65 Å². The minimum Gasteiger partial charge on any atom is -0.531 e. The van der Waals surface area contributed by atoms with Gasteiger partial charge in [0.25, 0.3) is 0 Å². The van der Waals surface area contributed by atoms with Crippen molar-refractivity contribution in [3.05, 3.63) is 65.2 Å². The fourth-order valence-electron chi connectivity index (χ4n) is 4.08. The van der Waals surface area contributed by atoms with Crippen LogP contribution in [-0.4, -0.2) is 23.2 Å². The molecule has 26 heavy (non-hydrogen) atoms. The summed E-state index contributed by atoms with van der Waals surface area (Å²) in [4.78, 5) is 4.45. The lowest BCUT2D eigenvalue weighted by Gasteiger charge is -2.40. The average Bonchev–Trinajstić information content (AvgIpc) is 3.07. The summed E-state index contributed by atoms with van der Waals surface area (Å²) in [5, 5.41) is 13.5. The predicted molar refractivity (Wildman–Crippen MR) is 100 cm³/mol. The smallest absolute Gasteiger partial charge is 0.531 e. The number of allylic oxidation sites excluding steroid dienone is 2. The van der Waals surface area contributed by atoms with Gasteiger partial charge in [-0.15, -0.1) is 0 Å². The number of pyridine rings is 1. The highest BCUT2D eigenvalue weighted by Gasteiger charge is 2.38. The predicted octanol–water partition coefficient (Wildman–Crippen LogP) is 3.48. The Kier molecular flexibility index (Phi) is 3.60. The molecule has 2 heterocycles. The Labute approximate surface area is 151 Å². The number of halogens is 1. The van der Waals surface area contributed by atoms with E-state index in [1.165, 1.54) is 12.1 Å². The minimum absolute atomic E-state index is 0.226. The molecule has 0 atom stereocenters. The zero-order valence-corrected chi connectivity index (χ0v) is 14.2. The molecule has 2 N–H and O–H groups in total. The zero-order chi connectivity index (χ0) is 17.7. The van der Waals surface area contributed by atoms with Crippen molar-refractivity contribution in [2.45, 2.75) is 25.3 Å². The van der Waals surface area contributed by atoms with Gasteiger partial charge in [0.15, 0.2) is 0 Å². The summed E-state index contributed by atoms with van der Waals surface area (Å²) in [7, 11) is -0.924. The highest BCUT2D eigenvalue weighted by molar-refractivity contribution is 6.52. The standard InChI is InChI=1S/C20H18BFN2O2/c22-13-4-6-14(7-5-13)24-15-8-12(9-15)17-10-21(25)26-19-11-23-18-3-1-2-16(18)20(17)19/h1-2,4-7,10-12,15,24-25H,3,8-9H2. The van der Waals surface area contributed by atoms with E-state index >= 15 is 0 Å². The van der Waals surface area contributed by atoms with Crippen LogP contribution in [0.15, 0.2) is 42.5 Å². The number of nitrogens with one attached hydrogen (secondary N) is 1. The highest BCUT2D eigenvalue weighted by Crippen LogP contribution is 2.47. The van der Waals surface area contributed by atoms with E-state index in [2.05, 4.69) is 22.5 Å². The van der Waals surface area contributed by atoms with Crippen molar-refractivity contribution in [1.29, 1.82) is 0 Å². The monoisotopic (exact) mass is 348 g/mol. The molecule has 1 aromatic heterocycles. The number of hydrogen-bond acceptors (Lipinski definition) is 4. The van der Waals surface area contributed by atoms with Crippen molar-refractivity contribution in [3.8, 4) is 5.75 Å². The van der Waals surface area contributed by atoms with Crippen LogP contribution < -0.4 is 9.97 Å². The quantitative estimate of drug-likeness (QED) is 0.834. The Hall–Kier alpha value is -2.60. The summed E-state index contributed by atoms with van der Waals surface area (Å²) in [5.41, 5.74) is 5.36. The van der Waals surface area contributed by atoms with E-state index in [9.17, 15) is 9.41 Å². The third-order valence-electron chi connectivity index (χ3n) is 5.41. The molecule has 1 saturated carbocycles. The van der Waals surface area contributed by atoms with E-state index in [0.29, 0.717) is 17.7 Å². The largest absolute Gasteiger partial charge is 0.552 e. The van der Waals surface area contributed by atoms with Gasteiger partial charge in [-0.1, -0.05) is 12.2 Å².